The van der Waals surface area contributed by atoms with Crippen molar-refractivity contribution in [3.8, 4) is 0 Å². The van der Waals surface area contributed by atoms with Crippen molar-refractivity contribution in [2.45, 2.75) is 17.7 Å². The van der Waals surface area contributed by atoms with Crippen LogP contribution in [0, 0.1) is 0 Å². The van der Waals surface area contributed by atoms with Crippen LogP contribution in [0.5, 0.6) is 0 Å². The highest BCUT2D eigenvalue weighted by molar-refractivity contribution is 7.98. The van der Waals surface area contributed by atoms with Gasteiger partial charge in [0, 0.05) is 11.4 Å². The number of nitrogens with one attached hydrogen (secondary N) is 1. The van der Waals surface area contributed by atoms with Gasteiger partial charge >= 0.3 is 0 Å². The molecule has 0 aliphatic rings. The van der Waals surface area contributed by atoms with Crippen molar-refractivity contribution in [2.75, 3.05) is 19.8 Å². The monoisotopic (exact) mass is 195 g/mol. The minimum Gasteiger partial charge on any atom is -0.319 e. The molecule has 1 unspecified atom stereocenters. The third-order valence-electron chi connectivity index (χ3n) is 2.17. The topological polar surface area (TPSA) is 12.0 Å². The number of benzene rings is 1. The van der Waals surface area contributed by atoms with Crippen LogP contribution in [0.25, 0.3) is 0 Å². The fourth-order valence-corrected chi connectivity index (χ4v) is 1.84. The average Bonchev–Trinajstić information content (AvgIpc) is 2.18. The summed E-state index contributed by atoms with van der Waals surface area (Å²) in [5.41, 5.74) is 1.42. The van der Waals surface area contributed by atoms with Gasteiger partial charge < -0.3 is 5.32 Å². The first-order chi connectivity index (χ1) is 6.27. The van der Waals surface area contributed by atoms with Crippen LogP contribution < -0.4 is 5.32 Å². The lowest BCUT2D eigenvalue weighted by molar-refractivity contribution is 0.676. The largest absolute Gasteiger partial charge is 0.319 e. The van der Waals surface area contributed by atoms with Crippen LogP contribution >= 0.6 is 11.8 Å². The van der Waals surface area contributed by atoms with Crippen LogP contribution in [0.1, 0.15) is 18.4 Å². The second-order valence-corrected chi connectivity index (χ2v) is 4.11. The van der Waals surface area contributed by atoms with Gasteiger partial charge in [0.2, 0.25) is 0 Å². The number of hydrogen-bond donors (Lipinski definition) is 1. The molecule has 1 N–H and O–H groups in total. The molecule has 1 rings (SSSR count). The van der Waals surface area contributed by atoms with E-state index in [4.69, 9.17) is 0 Å². The molecule has 0 aliphatic carbocycles. The summed E-state index contributed by atoms with van der Waals surface area (Å²) in [6.45, 7) is 3.29. The Bertz CT molecular complexity index is 260. The van der Waals surface area contributed by atoms with Crippen molar-refractivity contribution in [2.24, 2.45) is 0 Å². The fraction of sp³-hybridized carbons (Fsp3) is 0.455. The van der Waals surface area contributed by atoms with E-state index in [0.717, 1.165) is 6.54 Å². The summed E-state index contributed by atoms with van der Waals surface area (Å²) in [6, 6.07) is 8.75. The molecule has 13 heavy (non-hydrogen) atoms. The van der Waals surface area contributed by atoms with Gasteiger partial charge in [-0.05, 0) is 36.9 Å². The van der Waals surface area contributed by atoms with Crippen LogP contribution in [-0.4, -0.2) is 19.8 Å². The van der Waals surface area contributed by atoms with Crippen molar-refractivity contribution in [1.29, 1.82) is 0 Å². The normalized spacial score (nSPS) is 12.8. The molecule has 1 nitrogen and oxygen atoms in total. The molecule has 72 valence electrons. The molecule has 0 spiro atoms. The van der Waals surface area contributed by atoms with E-state index in [0.29, 0.717) is 5.92 Å². The molecular formula is C11H17NS. The van der Waals surface area contributed by atoms with E-state index in [9.17, 15) is 0 Å². The predicted molar refractivity (Wildman–Crippen MR) is 60.6 cm³/mol. The molecule has 0 aromatic heterocycles. The zero-order valence-electron chi connectivity index (χ0n) is 8.50. The van der Waals surface area contributed by atoms with Crippen molar-refractivity contribution in [3.05, 3.63) is 29.8 Å². The fourth-order valence-electron chi connectivity index (χ4n) is 1.37. The Morgan fingerprint density at radius 1 is 1.46 bits per heavy atom. The van der Waals surface area contributed by atoms with Crippen LogP contribution in [0.4, 0.5) is 0 Å². The molecule has 0 saturated heterocycles. The average molecular weight is 195 g/mol. The molecule has 1 aromatic carbocycles. The van der Waals surface area contributed by atoms with Crippen LogP contribution in [0.3, 0.4) is 0 Å². The molecule has 0 aliphatic heterocycles. The zero-order chi connectivity index (χ0) is 9.68. The second kappa shape index (κ2) is 5.30. The Morgan fingerprint density at radius 2 is 2.23 bits per heavy atom. The van der Waals surface area contributed by atoms with Crippen molar-refractivity contribution < 1.29 is 0 Å². The van der Waals surface area contributed by atoms with E-state index in [1.54, 1.807) is 11.8 Å². The maximum atomic E-state index is 3.20. The van der Waals surface area contributed by atoms with E-state index < -0.39 is 0 Å². The van der Waals surface area contributed by atoms with E-state index in [1.807, 2.05) is 7.05 Å². The van der Waals surface area contributed by atoms with Gasteiger partial charge in [-0.3, -0.25) is 0 Å². The third-order valence-corrected chi connectivity index (χ3v) is 2.90. The number of likely N-dealkylation sites (N-methyl/N-ethyl adjacent to an activating group) is 1. The minimum absolute atomic E-state index is 0.595. The second-order valence-electron chi connectivity index (χ2n) is 3.24. The standard InChI is InChI=1S/C11H17NS/c1-9(8-12-2)10-5-4-6-11(7-10)13-3/h4-7,9,12H,8H2,1-3H3. The van der Waals surface area contributed by atoms with Crippen molar-refractivity contribution in [1.82, 2.24) is 5.32 Å². The van der Waals surface area contributed by atoms with Gasteiger partial charge in [-0.15, -0.1) is 11.8 Å². The summed E-state index contributed by atoms with van der Waals surface area (Å²) in [4.78, 5) is 1.35. The first-order valence-corrected chi connectivity index (χ1v) is 5.79. The Balaban J connectivity index is 2.75. The lowest BCUT2D eigenvalue weighted by atomic mass is 10.0. The predicted octanol–water partition coefficient (Wildman–Crippen LogP) is 2.73. The molecule has 0 saturated carbocycles. The molecule has 1 atom stereocenters. The van der Waals surface area contributed by atoms with Crippen molar-refractivity contribution >= 4 is 11.8 Å². The maximum absolute atomic E-state index is 3.20. The molecule has 2 heteroatoms. The van der Waals surface area contributed by atoms with Crippen LogP contribution in [0.2, 0.25) is 0 Å². The van der Waals surface area contributed by atoms with Gasteiger partial charge in [0.1, 0.15) is 0 Å². The SMILES string of the molecule is CNCC(C)c1cccc(SC)c1. The lowest BCUT2D eigenvalue weighted by Crippen LogP contribution is -2.14. The summed E-state index contributed by atoms with van der Waals surface area (Å²) in [5.74, 6) is 0.595. The van der Waals surface area contributed by atoms with Gasteiger partial charge in [0.05, 0.1) is 0 Å². The van der Waals surface area contributed by atoms with Gasteiger partial charge in [-0.25, -0.2) is 0 Å². The third kappa shape index (κ3) is 3.05. The minimum atomic E-state index is 0.595. The molecule has 0 amide bonds. The van der Waals surface area contributed by atoms with E-state index >= 15 is 0 Å². The first kappa shape index (κ1) is 10.6. The number of thioether (sulfide) groups is 1. The van der Waals surface area contributed by atoms with Gasteiger partial charge in [-0.1, -0.05) is 19.1 Å². The smallest absolute Gasteiger partial charge is 0.00719 e. The van der Waals surface area contributed by atoms with Gasteiger partial charge in [0.25, 0.3) is 0 Å². The summed E-state index contributed by atoms with van der Waals surface area (Å²) in [6.07, 6.45) is 2.11. The van der Waals surface area contributed by atoms with E-state index in [2.05, 4.69) is 42.8 Å². The highest BCUT2D eigenvalue weighted by Crippen LogP contribution is 2.20. The molecular weight excluding hydrogens is 178 g/mol. The van der Waals surface area contributed by atoms with Crippen LogP contribution in [-0.2, 0) is 0 Å². The molecule has 0 heterocycles. The molecule has 0 fully saturated rings. The summed E-state index contributed by atoms with van der Waals surface area (Å²) in [7, 11) is 1.99. The lowest BCUT2D eigenvalue weighted by Gasteiger charge is -2.11. The van der Waals surface area contributed by atoms with Gasteiger partial charge in [-0.2, -0.15) is 0 Å². The van der Waals surface area contributed by atoms with E-state index in [-0.39, 0.29) is 0 Å². The first-order valence-electron chi connectivity index (χ1n) is 4.56. The summed E-state index contributed by atoms with van der Waals surface area (Å²) >= 11 is 1.80. The number of hydrogen-bond acceptors (Lipinski definition) is 2. The molecule has 0 bridgehead atoms. The molecule has 1 aromatic rings. The highest BCUT2D eigenvalue weighted by atomic mass is 32.2. The Kier molecular flexibility index (Phi) is 4.33. The maximum Gasteiger partial charge on any atom is 0.00719 e. The zero-order valence-corrected chi connectivity index (χ0v) is 9.32. The summed E-state index contributed by atoms with van der Waals surface area (Å²) < 4.78 is 0. The van der Waals surface area contributed by atoms with Crippen LogP contribution in [0.15, 0.2) is 29.2 Å². The molecule has 0 radical (unpaired) electrons. The Labute approximate surface area is 84.9 Å². The van der Waals surface area contributed by atoms with Crippen molar-refractivity contribution in [3.63, 3.8) is 0 Å². The quantitative estimate of drug-likeness (QED) is 0.741. The summed E-state index contributed by atoms with van der Waals surface area (Å²) in [5, 5.41) is 3.20. The highest BCUT2D eigenvalue weighted by Gasteiger charge is 2.03. The van der Waals surface area contributed by atoms with Gasteiger partial charge in [0.15, 0.2) is 0 Å². The number of rotatable bonds is 4. The van der Waals surface area contributed by atoms with E-state index in [1.165, 1.54) is 10.5 Å². The Morgan fingerprint density at radius 3 is 2.85 bits per heavy atom. The Hall–Kier alpha value is -0.470.